The Bertz CT molecular complexity index is 496. The molecule has 0 fully saturated rings. The van der Waals surface area contributed by atoms with E-state index in [0.29, 0.717) is 12.0 Å². The first-order chi connectivity index (χ1) is 7.94. The summed E-state index contributed by atoms with van der Waals surface area (Å²) in [6.07, 6.45) is 1.54. The molecule has 1 rings (SSSR count). The van der Waals surface area contributed by atoms with E-state index in [1.165, 1.54) is 7.11 Å². The number of carbonyl (C=O) groups is 1. The molecule has 94 valence electrons. The monoisotopic (exact) mass is 257 g/mol. The van der Waals surface area contributed by atoms with Crippen molar-refractivity contribution in [3.05, 3.63) is 35.4 Å². The van der Waals surface area contributed by atoms with E-state index in [1.54, 1.807) is 24.3 Å². The minimum Gasteiger partial charge on any atom is -0.465 e. The van der Waals surface area contributed by atoms with Crippen molar-refractivity contribution < 1.29 is 17.9 Å². The van der Waals surface area contributed by atoms with Crippen LogP contribution >= 0.6 is 0 Å². The second-order valence-corrected chi connectivity index (χ2v) is 5.40. The molecule has 0 atom stereocenters. The van der Waals surface area contributed by atoms with Gasteiger partial charge in [-0.1, -0.05) is 18.2 Å². The molecule has 0 bridgehead atoms. The van der Waals surface area contributed by atoms with E-state index in [0.717, 1.165) is 11.8 Å². The first-order valence-electron chi connectivity index (χ1n) is 5.05. The first kappa shape index (κ1) is 13.7. The van der Waals surface area contributed by atoms with Crippen molar-refractivity contribution in [2.75, 3.05) is 19.9 Å². The van der Waals surface area contributed by atoms with Crippen molar-refractivity contribution in [1.82, 2.24) is 4.72 Å². The summed E-state index contributed by atoms with van der Waals surface area (Å²) in [4.78, 5) is 11.4. The van der Waals surface area contributed by atoms with E-state index in [4.69, 9.17) is 0 Å². The molecule has 0 aromatic heterocycles. The van der Waals surface area contributed by atoms with E-state index in [-0.39, 0.29) is 6.54 Å². The number of rotatable bonds is 5. The summed E-state index contributed by atoms with van der Waals surface area (Å²) in [5.41, 5.74) is 1.22. The smallest absolute Gasteiger partial charge is 0.338 e. The van der Waals surface area contributed by atoms with Gasteiger partial charge in [0.25, 0.3) is 0 Å². The van der Waals surface area contributed by atoms with Crippen LogP contribution in [0.1, 0.15) is 15.9 Å². The molecular formula is C11H15NO4S. The maximum Gasteiger partial charge on any atom is 0.338 e. The SMILES string of the molecule is COC(=O)c1ccccc1CCNS(C)(=O)=O. The van der Waals surface area contributed by atoms with Gasteiger partial charge in [0.1, 0.15) is 0 Å². The lowest BCUT2D eigenvalue weighted by Gasteiger charge is -2.07. The Labute approximate surface area is 101 Å². The average Bonchev–Trinajstić information content (AvgIpc) is 2.27. The van der Waals surface area contributed by atoms with E-state index < -0.39 is 16.0 Å². The lowest BCUT2D eigenvalue weighted by atomic mass is 10.1. The fourth-order valence-corrected chi connectivity index (χ4v) is 1.89. The summed E-state index contributed by atoms with van der Waals surface area (Å²) < 4.78 is 28.8. The molecule has 6 heteroatoms. The lowest BCUT2D eigenvalue weighted by Crippen LogP contribution is -2.24. The Balaban J connectivity index is 2.74. The van der Waals surface area contributed by atoms with Crippen LogP contribution in [-0.2, 0) is 21.2 Å². The van der Waals surface area contributed by atoms with Crippen LogP contribution in [0.3, 0.4) is 0 Å². The van der Waals surface area contributed by atoms with E-state index in [2.05, 4.69) is 9.46 Å². The first-order valence-corrected chi connectivity index (χ1v) is 6.94. The fourth-order valence-electron chi connectivity index (χ4n) is 1.42. The molecule has 0 radical (unpaired) electrons. The number of hydrogen-bond donors (Lipinski definition) is 1. The normalized spacial score (nSPS) is 11.2. The second-order valence-electron chi connectivity index (χ2n) is 3.57. The van der Waals surface area contributed by atoms with Crippen LogP contribution in [0.4, 0.5) is 0 Å². The molecule has 17 heavy (non-hydrogen) atoms. The molecule has 1 N–H and O–H groups in total. The number of esters is 1. The predicted octanol–water partition coefficient (Wildman–Crippen LogP) is 0.565. The minimum atomic E-state index is -3.20. The van der Waals surface area contributed by atoms with Crippen molar-refractivity contribution in [2.24, 2.45) is 0 Å². The van der Waals surface area contributed by atoms with Crippen LogP contribution in [0.25, 0.3) is 0 Å². The Morgan fingerprint density at radius 1 is 1.35 bits per heavy atom. The molecule has 0 saturated carbocycles. The molecule has 5 nitrogen and oxygen atoms in total. The standard InChI is InChI=1S/C11H15NO4S/c1-16-11(13)10-6-4-3-5-9(10)7-8-12-17(2,14)15/h3-6,12H,7-8H2,1-2H3. The number of ether oxygens (including phenoxy) is 1. The highest BCUT2D eigenvalue weighted by molar-refractivity contribution is 7.88. The number of sulfonamides is 1. The van der Waals surface area contributed by atoms with E-state index in [9.17, 15) is 13.2 Å². The Kier molecular flexibility index (Phi) is 4.65. The van der Waals surface area contributed by atoms with Crippen LogP contribution in [0.5, 0.6) is 0 Å². The quantitative estimate of drug-likeness (QED) is 0.782. The summed E-state index contributed by atoms with van der Waals surface area (Å²) in [5.74, 6) is -0.417. The molecule has 0 spiro atoms. The molecule has 0 aliphatic heterocycles. The van der Waals surface area contributed by atoms with E-state index >= 15 is 0 Å². The van der Waals surface area contributed by atoms with E-state index in [1.807, 2.05) is 0 Å². The Morgan fingerprint density at radius 2 is 2.00 bits per heavy atom. The topological polar surface area (TPSA) is 72.5 Å². The number of hydrogen-bond acceptors (Lipinski definition) is 4. The van der Waals surface area contributed by atoms with Gasteiger partial charge in [-0.25, -0.2) is 17.9 Å². The highest BCUT2D eigenvalue weighted by Crippen LogP contribution is 2.10. The second kappa shape index (κ2) is 5.79. The number of benzene rings is 1. The fraction of sp³-hybridized carbons (Fsp3) is 0.364. The average molecular weight is 257 g/mol. The van der Waals surface area contributed by atoms with Crippen molar-refractivity contribution in [3.63, 3.8) is 0 Å². The van der Waals surface area contributed by atoms with Gasteiger partial charge < -0.3 is 4.74 Å². The number of nitrogens with one attached hydrogen (secondary N) is 1. The molecular weight excluding hydrogens is 242 g/mol. The van der Waals surface area contributed by atoms with Crippen LogP contribution in [0.2, 0.25) is 0 Å². The summed E-state index contributed by atoms with van der Waals surface area (Å²) in [5, 5.41) is 0. The van der Waals surface area contributed by atoms with Crippen LogP contribution in [0.15, 0.2) is 24.3 Å². The maximum absolute atomic E-state index is 11.4. The molecule has 0 saturated heterocycles. The van der Waals surface area contributed by atoms with Gasteiger partial charge in [0, 0.05) is 6.54 Å². The molecule has 0 unspecified atom stereocenters. The summed E-state index contributed by atoms with van der Waals surface area (Å²) in [7, 11) is -1.89. The van der Waals surface area contributed by atoms with Gasteiger partial charge >= 0.3 is 5.97 Å². The van der Waals surface area contributed by atoms with Gasteiger partial charge in [0.15, 0.2) is 0 Å². The summed E-state index contributed by atoms with van der Waals surface area (Å²) in [6.45, 7) is 0.257. The third kappa shape index (κ3) is 4.54. The van der Waals surface area contributed by atoms with Gasteiger partial charge in [-0.05, 0) is 18.1 Å². The molecule has 1 aromatic rings. The third-order valence-corrected chi connectivity index (χ3v) is 2.91. The lowest BCUT2D eigenvalue weighted by molar-refractivity contribution is 0.0599. The minimum absolute atomic E-state index is 0.257. The van der Waals surface area contributed by atoms with Gasteiger partial charge in [0.05, 0.1) is 18.9 Å². The zero-order valence-electron chi connectivity index (χ0n) is 9.76. The highest BCUT2D eigenvalue weighted by Gasteiger charge is 2.10. The van der Waals surface area contributed by atoms with Crippen molar-refractivity contribution in [3.8, 4) is 0 Å². The van der Waals surface area contributed by atoms with Crippen LogP contribution < -0.4 is 4.72 Å². The number of methoxy groups -OCH3 is 1. The molecule has 0 amide bonds. The Hall–Kier alpha value is -1.40. The zero-order valence-corrected chi connectivity index (χ0v) is 10.6. The highest BCUT2D eigenvalue weighted by atomic mass is 32.2. The molecule has 0 aliphatic carbocycles. The number of carbonyl (C=O) groups excluding carboxylic acids is 1. The summed E-state index contributed by atoms with van der Waals surface area (Å²) in [6, 6.07) is 6.96. The summed E-state index contributed by atoms with van der Waals surface area (Å²) >= 11 is 0. The molecule has 0 aliphatic rings. The third-order valence-electron chi connectivity index (χ3n) is 2.18. The maximum atomic E-state index is 11.4. The van der Waals surface area contributed by atoms with Crippen LogP contribution in [0, 0.1) is 0 Å². The van der Waals surface area contributed by atoms with Crippen molar-refractivity contribution in [2.45, 2.75) is 6.42 Å². The van der Waals surface area contributed by atoms with Gasteiger partial charge in [-0.15, -0.1) is 0 Å². The van der Waals surface area contributed by atoms with Crippen LogP contribution in [-0.4, -0.2) is 34.3 Å². The van der Waals surface area contributed by atoms with Gasteiger partial charge in [-0.2, -0.15) is 0 Å². The van der Waals surface area contributed by atoms with Gasteiger partial charge in [-0.3, -0.25) is 0 Å². The van der Waals surface area contributed by atoms with Crippen molar-refractivity contribution >= 4 is 16.0 Å². The Morgan fingerprint density at radius 3 is 2.59 bits per heavy atom. The van der Waals surface area contributed by atoms with Crippen molar-refractivity contribution in [1.29, 1.82) is 0 Å². The molecule has 0 heterocycles. The zero-order chi connectivity index (χ0) is 12.9. The van der Waals surface area contributed by atoms with Gasteiger partial charge in [0.2, 0.25) is 10.0 Å². The largest absolute Gasteiger partial charge is 0.465 e. The predicted molar refractivity (Wildman–Crippen MR) is 64.3 cm³/mol. The molecule has 1 aromatic carbocycles.